The number of ether oxygens (including phenoxy) is 4. The number of hydrogen-bond acceptors (Lipinski definition) is 8. The Bertz CT molecular complexity index is 1000. The van der Waals surface area contributed by atoms with Crippen molar-refractivity contribution in [3.8, 4) is 11.5 Å². The zero-order valence-electron chi connectivity index (χ0n) is 20.1. The second-order valence-electron chi connectivity index (χ2n) is 8.51. The third-order valence-corrected chi connectivity index (χ3v) is 4.37. The topological polar surface area (TPSA) is 120 Å². The van der Waals surface area contributed by atoms with E-state index in [9.17, 15) is 19.5 Å². The number of esters is 2. The van der Waals surface area contributed by atoms with Crippen molar-refractivity contribution in [2.75, 3.05) is 13.2 Å². The smallest absolute Gasteiger partial charge is 0.407 e. The van der Waals surface area contributed by atoms with E-state index in [1.54, 1.807) is 63.2 Å². The zero-order chi connectivity index (χ0) is 25.8. The molecule has 0 spiro atoms. The van der Waals surface area contributed by atoms with Crippen molar-refractivity contribution < 1.29 is 38.4 Å². The summed E-state index contributed by atoms with van der Waals surface area (Å²) in [6.07, 6.45) is -1.29. The summed E-state index contributed by atoms with van der Waals surface area (Å²) in [6, 6.07) is 14.3. The molecule has 2 aromatic rings. The number of benzene rings is 2. The molecule has 0 saturated heterocycles. The lowest BCUT2D eigenvalue weighted by Gasteiger charge is -2.25. The zero-order valence-corrected chi connectivity index (χ0v) is 20.1. The van der Waals surface area contributed by atoms with Gasteiger partial charge in [0, 0.05) is 0 Å². The molecule has 35 heavy (non-hydrogen) atoms. The Hall–Kier alpha value is -3.85. The number of nitrogens with one attached hydrogen (secondary N) is 1. The van der Waals surface area contributed by atoms with Gasteiger partial charge in [-0.2, -0.15) is 0 Å². The van der Waals surface area contributed by atoms with Crippen LogP contribution in [0.4, 0.5) is 4.79 Å². The van der Waals surface area contributed by atoms with Gasteiger partial charge in [0.1, 0.15) is 42.0 Å². The van der Waals surface area contributed by atoms with Gasteiger partial charge in [-0.15, -0.1) is 0 Å². The van der Waals surface area contributed by atoms with E-state index in [0.29, 0.717) is 5.75 Å². The maximum atomic E-state index is 12.7. The van der Waals surface area contributed by atoms with Crippen molar-refractivity contribution in [1.82, 2.24) is 5.32 Å². The monoisotopic (exact) mass is 485 g/mol. The van der Waals surface area contributed by atoms with Crippen molar-refractivity contribution >= 4 is 18.0 Å². The molecule has 2 unspecified atom stereocenters. The molecule has 2 N–H and O–H groups in total. The first kappa shape index (κ1) is 27.4. The Morgan fingerprint density at radius 1 is 1.03 bits per heavy atom. The summed E-state index contributed by atoms with van der Waals surface area (Å²) in [4.78, 5) is 37.0. The number of amides is 1. The van der Waals surface area contributed by atoms with Crippen molar-refractivity contribution in [1.29, 1.82) is 0 Å². The first-order valence-corrected chi connectivity index (χ1v) is 11.0. The minimum absolute atomic E-state index is 0.0612. The quantitative estimate of drug-likeness (QED) is 0.278. The number of aliphatic hydroxyl groups is 1. The number of carbonyl (C=O) groups excluding carboxylic acids is 3. The Morgan fingerprint density at radius 2 is 1.69 bits per heavy atom. The van der Waals surface area contributed by atoms with Crippen LogP contribution in [0.3, 0.4) is 0 Å². The summed E-state index contributed by atoms with van der Waals surface area (Å²) in [7, 11) is 0. The molecule has 0 heterocycles. The van der Waals surface area contributed by atoms with E-state index in [0.717, 1.165) is 0 Å². The van der Waals surface area contributed by atoms with E-state index in [4.69, 9.17) is 18.9 Å². The fourth-order valence-corrected chi connectivity index (χ4v) is 2.87. The molecule has 0 aliphatic carbocycles. The van der Waals surface area contributed by atoms with Gasteiger partial charge in [-0.1, -0.05) is 43.0 Å². The molecule has 0 bridgehead atoms. The van der Waals surface area contributed by atoms with E-state index >= 15 is 0 Å². The summed E-state index contributed by atoms with van der Waals surface area (Å²) in [6.45, 7) is 7.96. The van der Waals surface area contributed by atoms with Crippen LogP contribution in [0.2, 0.25) is 0 Å². The predicted octanol–water partition coefficient (Wildman–Crippen LogP) is 4.01. The molecule has 0 aromatic heterocycles. The molecule has 0 aliphatic rings. The number of para-hydroxylation sites is 2. The van der Waals surface area contributed by atoms with Gasteiger partial charge in [0.05, 0.1) is 12.5 Å². The largest absolute Gasteiger partial charge is 0.460 e. The fourth-order valence-electron chi connectivity index (χ4n) is 2.87. The molecule has 9 heteroatoms. The Balaban J connectivity index is 2.06. The molecule has 0 radical (unpaired) electrons. The van der Waals surface area contributed by atoms with E-state index < -0.39 is 42.4 Å². The van der Waals surface area contributed by atoms with E-state index in [-0.39, 0.29) is 24.3 Å². The standard InChI is InChI=1S/C26H31NO8/c1-5-15-32-25(31)27-20(16-23(29)35-26(2,3)4)21(28)17-33-24(30)19-13-9-10-14-22(19)34-18-11-7-6-8-12-18/h5-14,20-21,28H,1,15-17H2,2-4H3,(H,27,31). The second kappa shape index (κ2) is 13.1. The van der Waals surface area contributed by atoms with Gasteiger partial charge < -0.3 is 29.4 Å². The highest BCUT2D eigenvalue weighted by Gasteiger charge is 2.29. The highest BCUT2D eigenvalue weighted by molar-refractivity contribution is 5.92. The molecule has 2 aromatic carbocycles. The SMILES string of the molecule is C=CCOC(=O)NC(CC(=O)OC(C)(C)C)C(O)COC(=O)c1ccccc1Oc1ccccc1. The van der Waals surface area contributed by atoms with Gasteiger partial charge in [0.25, 0.3) is 0 Å². The minimum Gasteiger partial charge on any atom is -0.460 e. The van der Waals surface area contributed by atoms with Gasteiger partial charge in [-0.3, -0.25) is 4.79 Å². The number of aliphatic hydroxyl groups excluding tert-OH is 1. The number of carbonyl (C=O) groups is 3. The third-order valence-electron chi connectivity index (χ3n) is 4.37. The Kier molecular flexibility index (Phi) is 10.3. The lowest BCUT2D eigenvalue weighted by atomic mass is 10.1. The third kappa shape index (κ3) is 9.89. The van der Waals surface area contributed by atoms with Crippen LogP contribution in [-0.2, 0) is 19.0 Å². The van der Waals surface area contributed by atoms with Crippen LogP contribution in [0, 0.1) is 0 Å². The minimum atomic E-state index is -1.43. The summed E-state index contributed by atoms with van der Waals surface area (Å²) >= 11 is 0. The average Bonchev–Trinajstić information content (AvgIpc) is 2.80. The molecule has 0 aliphatic heterocycles. The van der Waals surface area contributed by atoms with Gasteiger partial charge >= 0.3 is 18.0 Å². The summed E-state index contributed by atoms with van der Waals surface area (Å²) in [5, 5.41) is 13.0. The van der Waals surface area contributed by atoms with E-state index in [2.05, 4.69) is 11.9 Å². The van der Waals surface area contributed by atoms with Crippen LogP contribution >= 0.6 is 0 Å². The molecule has 2 rings (SSSR count). The van der Waals surface area contributed by atoms with Gasteiger partial charge in [-0.25, -0.2) is 9.59 Å². The normalized spacial score (nSPS) is 12.6. The lowest BCUT2D eigenvalue weighted by molar-refractivity contribution is -0.156. The van der Waals surface area contributed by atoms with Crippen LogP contribution in [0.1, 0.15) is 37.6 Å². The molecule has 1 amide bonds. The first-order chi connectivity index (χ1) is 16.6. The van der Waals surface area contributed by atoms with Gasteiger partial charge in [-0.05, 0) is 45.0 Å². The molecular formula is C26H31NO8. The van der Waals surface area contributed by atoms with Crippen molar-refractivity contribution in [2.45, 2.75) is 44.9 Å². The van der Waals surface area contributed by atoms with E-state index in [1.165, 1.54) is 12.1 Å². The van der Waals surface area contributed by atoms with Crippen LogP contribution < -0.4 is 10.1 Å². The molecular weight excluding hydrogens is 454 g/mol. The van der Waals surface area contributed by atoms with Crippen molar-refractivity contribution in [3.63, 3.8) is 0 Å². The number of alkyl carbamates (subject to hydrolysis) is 1. The molecule has 0 fully saturated rings. The molecule has 0 saturated carbocycles. The Labute approximate surface area is 204 Å². The van der Waals surface area contributed by atoms with Gasteiger partial charge in [0.2, 0.25) is 0 Å². The maximum Gasteiger partial charge on any atom is 0.407 e. The molecule has 2 atom stereocenters. The number of rotatable bonds is 11. The lowest BCUT2D eigenvalue weighted by Crippen LogP contribution is -2.47. The highest BCUT2D eigenvalue weighted by atomic mass is 16.6. The predicted molar refractivity (Wildman–Crippen MR) is 128 cm³/mol. The molecule has 9 nitrogen and oxygen atoms in total. The van der Waals surface area contributed by atoms with Crippen LogP contribution in [0.25, 0.3) is 0 Å². The number of hydrogen-bond donors (Lipinski definition) is 2. The van der Waals surface area contributed by atoms with Crippen molar-refractivity contribution in [2.24, 2.45) is 0 Å². The average molecular weight is 486 g/mol. The summed E-state index contributed by atoms with van der Waals surface area (Å²) in [5.74, 6) is -0.596. The summed E-state index contributed by atoms with van der Waals surface area (Å²) in [5.41, 5.74) is -0.615. The van der Waals surface area contributed by atoms with Crippen molar-refractivity contribution in [3.05, 3.63) is 72.8 Å². The van der Waals surface area contributed by atoms with Crippen LogP contribution in [0.5, 0.6) is 11.5 Å². The second-order valence-corrected chi connectivity index (χ2v) is 8.51. The molecule has 188 valence electrons. The Morgan fingerprint density at radius 3 is 2.34 bits per heavy atom. The van der Waals surface area contributed by atoms with E-state index in [1.807, 2.05) is 6.07 Å². The highest BCUT2D eigenvalue weighted by Crippen LogP contribution is 2.25. The summed E-state index contributed by atoms with van der Waals surface area (Å²) < 4.78 is 21.2. The van der Waals surface area contributed by atoms with Crippen LogP contribution in [0.15, 0.2) is 67.3 Å². The first-order valence-electron chi connectivity index (χ1n) is 11.0. The fraction of sp³-hybridized carbons (Fsp3) is 0.346. The van der Waals surface area contributed by atoms with Crippen LogP contribution in [-0.4, -0.2) is 54.1 Å². The maximum absolute atomic E-state index is 12.7. The van der Waals surface area contributed by atoms with Gasteiger partial charge in [0.15, 0.2) is 0 Å².